The van der Waals surface area contributed by atoms with E-state index in [1.165, 1.54) is 24.3 Å². The van der Waals surface area contributed by atoms with Gasteiger partial charge in [0.1, 0.15) is 11.6 Å². The Morgan fingerprint density at radius 1 is 1.00 bits per heavy atom. The van der Waals surface area contributed by atoms with Gasteiger partial charge in [-0.05, 0) is 55.7 Å². The van der Waals surface area contributed by atoms with Crippen LogP contribution in [0.5, 0.6) is 5.75 Å². The number of Topliss-reactive ketones (excluding diaryl/α,β-unsaturated/α-hetero) is 1. The number of likely N-dealkylation sites (tertiary alicyclic amines) is 1. The maximum Gasteiger partial charge on any atom is 0.222 e. The summed E-state index contributed by atoms with van der Waals surface area (Å²) >= 11 is 0. The van der Waals surface area contributed by atoms with Gasteiger partial charge < -0.3 is 9.64 Å². The van der Waals surface area contributed by atoms with Gasteiger partial charge in [-0.2, -0.15) is 0 Å². The largest absolute Gasteiger partial charge is 0.494 e. The van der Waals surface area contributed by atoms with Gasteiger partial charge in [-0.1, -0.05) is 18.2 Å². The molecule has 3 rings (SSSR count). The van der Waals surface area contributed by atoms with Crippen LogP contribution >= 0.6 is 0 Å². The van der Waals surface area contributed by atoms with Crippen molar-refractivity contribution in [3.63, 3.8) is 0 Å². The lowest BCUT2D eigenvalue weighted by Crippen LogP contribution is -2.40. The molecule has 0 saturated carbocycles. The highest BCUT2D eigenvalue weighted by atomic mass is 19.1. The SMILES string of the molecule is O=C(c1ccc(F)cc1)C1CCN(C(=O)CCCOc2ccccc2)CC1. The molecule has 0 aromatic heterocycles. The number of ether oxygens (including phenoxy) is 1. The number of ketones is 1. The van der Waals surface area contributed by atoms with Crippen LogP contribution in [0.3, 0.4) is 0 Å². The molecule has 0 unspecified atom stereocenters. The minimum Gasteiger partial charge on any atom is -0.494 e. The van der Waals surface area contributed by atoms with E-state index in [1.807, 2.05) is 35.2 Å². The number of piperidine rings is 1. The van der Waals surface area contributed by atoms with E-state index in [0.717, 1.165) is 5.75 Å². The molecule has 0 bridgehead atoms. The Labute approximate surface area is 158 Å². The van der Waals surface area contributed by atoms with E-state index in [-0.39, 0.29) is 23.4 Å². The molecule has 0 aliphatic carbocycles. The Balaban J connectivity index is 1.38. The second-order valence-electron chi connectivity index (χ2n) is 6.79. The molecule has 1 aliphatic rings. The zero-order valence-electron chi connectivity index (χ0n) is 15.3. The van der Waals surface area contributed by atoms with Gasteiger partial charge in [0.2, 0.25) is 5.91 Å². The Morgan fingerprint density at radius 2 is 1.67 bits per heavy atom. The smallest absolute Gasteiger partial charge is 0.222 e. The fourth-order valence-electron chi connectivity index (χ4n) is 3.33. The number of carbonyl (C=O) groups excluding carboxylic acids is 2. The Hall–Kier alpha value is -2.69. The first-order valence-corrected chi connectivity index (χ1v) is 9.39. The van der Waals surface area contributed by atoms with Crippen molar-refractivity contribution in [3.05, 3.63) is 66.0 Å². The Kier molecular flexibility index (Phi) is 6.58. The van der Waals surface area contributed by atoms with Gasteiger partial charge >= 0.3 is 0 Å². The first-order valence-electron chi connectivity index (χ1n) is 9.39. The molecule has 4 nitrogen and oxygen atoms in total. The molecule has 1 heterocycles. The number of hydrogen-bond donors (Lipinski definition) is 0. The van der Waals surface area contributed by atoms with Gasteiger partial charge in [0.25, 0.3) is 0 Å². The van der Waals surface area contributed by atoms with E-state index in [1.54, 1.807) is 0 Å². The molecule has 5 heteroatoms. The molecule has 0 N–H and O–H groups in total. The maximum absolute atomic E-state index is 13.0. The van der Waals surface area contributed by atoms with Crippen molar-refractivity contribution in [1.29, 1.82) is 0 Å². The van der Waals surface area contributed by atoms with E-state index < -0.39 is 0 Å². The van der Waals surface area contributed by atoms with Crippen LogP contribution in [0.2, 0.25) is 0 Å². The molecule has 2 aromatic carbocycles. The number of nitrogens with zero attached hydrogens (tertiary/aromatic N) is 1. The van der Waals surface area contributed by atoms with Crippen molar-refractivity contribution in [2.75, 3.05) is 19.7 Å². The Morgan fingerprint density at radius 3 is 2.33 bits per heavy atom. The third-order valence-electron chi connectivity index (χ3n) is 4.89. The molecule has 27 heavy (non-hydrogen) atoms. The van der Waals surface area contributed by atoms with Gasteiger partial charge in [-0.15, -0.1) is 0 Å². The van der Waals surface area contributed by atoms with Crippen molar-refractivity contribution in [3.8, 4) is 5.75 Å². The van der Waals surface area contributed by atoms with E-state index >= 15 is 0 Å². The van der Waals surface area contributed by atoms with Crippen LogP contribution in [0.4, 0.5) is 4.39 Å². The second-order valence-corrected chi connectivity index (χ2v) is 6.79. The van der Waals surface area contributed by atoms with Crippen LogP contribution < -0.4 is 4.74 Å². The van der Waals surface area contributed by atoms with E-state index in [2.05, 4.69) is 0 Å². The zero-order valence-corrected chi connectivity index (χ0v) is 15.3. The molecule has 0 spiro atoms. The molecule has 142 valence electrons. The summed E-state index contributed by atoms with van der Waals surface area (Å²) in [6.07, 6.45) is 2.43. The lowest BCUT2D eigenvalue weighted by Gasteiger charge is -2.31. The van der Waals surface area contributed by atoms with E-state index in [4.69, 9.17) is 4.74 Å². The number of carbonyl (C=O) groups is 2. The summed E-state index contributed by atoms with van der Waals surface area (Å²) in [5.74, 6) is 0.520. The number of benzene rings is 2. The number of rotatable bonds is 7. The van der Waals surface area contributed by atoms with Gasteiger partial charge in [0.15, 0.2) is 5.78 Å². The van der Waals surface area contributed by atoms with Crippen molar-refractivity contribution in [2.45, 2.75) is 25.7 Å². The average molecular weight is 369 g/mol. The fourth-order valence-corrected chi connectivity index (χ4v) is 3.33. The summed E-state index contributed by atoms with van der Waals surface area (Å²) < 4.78 is 18.6. The minimum absolute atomic E-state index is 0.0401. The molecule has 2 aromatic rings. The van der Waals surface area contributed by atoms with Gasteiger partial charge in [-0.3, -0.25) is 9.59 Å². The van der Waals surface area contributed by atoms with Crippen molar-refractivity contribution in [1.82, 2.24) is 4.90 Å². The van der Waals surface area contributed by atoms with Crippen LogP contribution in [0.1, 0.15) is 36.0 Å². The Bertz CT molecular complexity index is 753. The minimum atomic E-state index is -0.344. The average Bonchev–Trinajstić information content (AvgIpc) is 2.72. The molecule has 1 aliphatic heterocycles. The van der Waals surface area contributed by atoms with Crippen LogP contribution in [0.25, 0.3) is 0 Å². The summed E-state index contributed by atoms with van der Waals surface area (Å²) in [4.78, 5) is 26.7. The third-order valence-corrected chi connectivity index (χ3v) is 4.89. The predicted molar refractivity (Wildman–Crippen MR) is 101 cm³/mol. The maximum atomic E-state index is 13.0. The van der Waals surface area contributed by atoms with Crippen LogP contribution in [-0.4, -0.2) is 36.3 Å². The summed E-state index contributed by atoms with van der Waals surface area (Å²) in [7, 11) is 0. The summed E-state index contributed by atoms with van der Waals surface area (Å²) in [5.41, 5.74) is 0.541. The van der Waals surface area contributed by atoms with Crippen LogP contribution in [0, 0.1) is 11.7 Å². The quantitative estimate of drug-likeness (QED) is 0.545. The number of para-hydroxylation sites is 1. The topological polar surface area (TPSA) is 46.6 Å². The predicted octanol–water partition coefficient (Wildman–Crippen LogP) is 4.11. The number of hydrogen-bond acceptors (Lipinski definition) is 3. The second kappa shape index (κ2) is 9.31. The van der Waals surface area contributed by atoms with E-state index in [0.29, 0.717) is 50.9 Å². The monoisotopic (exact) mass is 369 g/mol. The van der Waals surface area contributed by atoms with Crippen LogP contribution in [0.15, 0.2) is 54.6 Å². The standard InChI is InChI=1S/C22H24FNO3/c23-19-10-8-17(9-11-19)22(26)18-12-14-24(15-13-18)21(25)7-4-16-27-20-5-2-1-3-6-20/h1-3,5-6,8-11,18H,4,7,12-16H2. The number of amides is 1. The molecule has 1 saturated heterocycles. The van der Waals surface area contributed by atoms with Gasteiger partial charge in [-0.25, -0.2) is 4.39 Å². The summed E-state index contributed by atoms with van der Waals surface area (Å²) in [5, 5.41) is 0. The lowest BCUT2D eigenvalue weighted by atomic mass is 9.89. The highest BCUT2D eigenvalue weighted by molar-refractivity contribution is 5.98. The van der Waals surface area contributed by atoms with E-state index in [9.17, 15) is 14.0 Å². The molecular weight excluding hydrogens is 345 g/mol. The first kappa shape index (κ1) is 19.1. The first-order chi connectivity index (χ1) is 13.1. The van der Waals surface area contributed by atoms with Crippen molar-refractivity contribution < 1.29 is 18.7 Å². The highest BCUT2D eigenvalue weighted by Gasteiger charge is 2.27. The summed E-state index contributed by atoms with van der Waals surface area (Å²) in [6, 6.07) is 15.2. The van der Waals surface area contributed by atoms with Crippen molar-refractivity contribution in [2.24, 2.45) is 5.92 Å². The molecule has 1 amide bonds. The highest BCUT2D eigenvalue weighted by Crippen LogP contribution is 2.22. The molecule has 0 radical (unpaired) electrons. The molecule has 0 atom stereocenters. The van der Waals surface area contributed by atoms with Crippen molar-refractivity contribution >= 4 is 11.7 Å². The van der Waals surface area contributed by atoms with Gasteiger partial charge in [0, 0.05) is 31.0 Å². The summed E-state index contributed by atoms with van der Waals surface area (Å²) in [6.45, 7) is 1.70. The zero-order chi connectivity index (χ0) is 19.1. The molecule has 1 fully saturated rings. The molecular formula is C22H24FNO3. The number of halogens is 1. The van der Waals surface area contributed by atoms with Crippen LogP contribution in [-0.2, 0) is 4.79 Å². The normalized spacial score (nSPS) is 14.8. The third kappa shape index (κ3) is 5.39. The lowest BCUT2D eigenvalue weighted by molar-refractivity contribution is -0.132. The fraction of sp³-hybridized carbons (Fsp3) is 0.364. The van der Waals surface area contributed by atoms with Gasteiger partial charge in [0.05, 0.1) is 6.61 Å².